The Labute approximate surface area is 177 Å². The number of rotatable bonds is 4. The van der Waals surface area contributed by atoms with E-state index >= 15 is 0 Å². The maximum absolute atomic E-state index is 13.2. The van der Waals surface area contributed by atoms with Crippen molar-refractivity contribution in [2.75, 3.05) is 6.54 Å². The van der Waals surface area contributed by atoms with Gasteiger partial charge in [-0.3, -0.25) is 4.90 Å². The van der Waals surface area contributed by atoms with E-state index in [2.05, 4.69) is 23.1 Å². The van der Waals surface area contributed by atoms with Gasteiger partial charge in [0.2, 0.25) is 0 Å². The second-order valence-corrected chi connectivity index (χ2v) is 8.64. The Bertz CT molecular complexity index is 1020. The fourth-order valence-electron chi connectivity index (χ4n) is 4.76. The zero-order valence-corrected chi connectivity index (χ0v) is 17.5. The molecule has 3 heterocycles. The summed E-state index contributed by atoms with van der Waals surface area (Å²) in [6.45, 7) is 4.79. The topological polar surface area (TPSA) is 46.8 Å². The van der Waals surface area contributed by atoms with Gasteiger partial charge in [-0.15, -0.1) is 0 Å². The first-order chi connectivity index (χ1) is 14.7. The fourth-order valence-corrected chi connectivity index (χ4v) is 4.76. The van der Waals surface area contributed by atoms with Gasteiger partial charge in [0.1, 0.15) is 11.6 Å². The maximum atomic E-state index is 13.2. The summed E-state index contributed by atoms with van der Waals surface area (Å²) in [4.78, 5) is 12.1. The van der Waals surface area contributed by atoms with E-state index < -0.39 is 0 Å². The van der Waals surface area contributed by atoms with E-state index in [9.17, 15) is 4.39 Å². The van der Waals surface area contributed by atoms with Gasteiger partial charge in [0.05, 0.1) is 11.9 Å². The summed E-state index contributed by atoms with van der Waals surface area (Å²) in [7, 11) is 0. The van der Waals surface area contributed by atoms with Gasteiger partial charge in [-0.1, -0.05) is 19.3 Å². The molecule has 1 saturated carbocycles. The Morgan fingerprint density at radius 2 is 1.87 bits per heavy atom. The van der Waals surface area contributed by atoms with Gasteiger partial charge < -0.3 is 0 Å². The maximum Gasteiger partial charge on any atom is 0.131 e. The van der Waals surface area contributed by atoms with Gasteiger partial charge in [-0.05, 0) is 44.0 Å². The first kappa shape index (κ1) is 19.4. The van der Waals surface area contributed by atoms with Gasteiger partial charge in [0.25, 0.3) is 0 Å². The summed E-state index contributed by atoms with van der Waals surface area (Å²) in [5.41, 5.74) is 5.66. The molecule has 1 fully saturated rings. The van der Waals surface area contributed by atoms with Crippen LogP contribution in [-0.2, 0) is 19.5 Å². The molecular formula is C24H28FN5. The third kappa shape index (κ3) is 3.88. The van der Waals surface area contributed by atoms with E-state index in [1.807, 2.05) is 10.9 Å². The molecule has 3 aromatic rings. The average Bonchev–Trinajstić information content (AvgIpc) is 3.14. The zero-order valence-electron chi connectivity index (χ0n) is 17.5. The van der Waals surface area contributed by atoms with Crippen LogP contribution in [0.1, 0.15) is 66.4 Å². The highest BCUT2D eigenvalue weighted by atomic mass is 19.1. The van der Waals surface area contributed by atoms with Crippen molar-refractivity contribution < 1.29 is 4.39 Å². The molecule has 0 radical (unpaired) electrons. The quantitative estimate of drug-likeness (QED) is 0.630. The number of benzene rings is 1. The highest BCUT2D eigenvalue weighted by Crippen LogP contribution is 2.31. The lowest BCUT2D eigenvalue weighted by Crippen LogP contribution is -2.31. The third-order valence-electron chi connectivity index (χ3n) is 6.58. The zero-order chi connectivity index (χ0) is 20.5. The van der Waals surface area contributed by atoms with Crippen molar-refractivity contribution in [3.05, 3.63) is 70.8 Å². The number of halogens is 1. The Balaban J connectivity index is 1.28. The van der Waals surface area contributed by atoms with Crippen LogP contribution in [0.3, 0.4) is 0 Å². The second-order valence-electron chi connectivity index (χ2n) is 8.64. The van der Waals surface area contributed by atoms with Crippen molar-refractivity contribution in [3.63, 3.8) is 0 Å². The predicted molar refractivity (Wildman–Crippen MR) is 114 cm³/mol. The normalized spacial score (nSPS) is 17.8. The lowest BCUT2D eigenvalue weighted by atomic mass is 9.88. The number of nitrogens with zero attached hydrogens (tertiary/aromatic N) is 5. The van der Waals surface area contributed by atoms with E-state index in [0.717, 1.165) is 43.3 Å². The molecular weight excluding hydrogens is 377 g/mol. The van der Waals surface area contributed by atoms with Crippen LogP contribution >= 0.6 is 0 Å². The van der Waals surface area contributed by atoms with E-state index in [-0.39, 0.29) is 5.82 Å². The summed E-state index contributed by atoms with van der Waals surface area (Å²) < 4.78 is 15.1. The molecule has 0 amide bonds. The van der Waals surface area contributed by atoms with Crippen LogP contribution in [0.15, 0.2) is 36.7 Å². The molecule has 5 nitrogen and oxygen atoms in total. The standard InChI is InChI=1S/C24H28FN5/c1-17-19(14-27-30(17)22-9-7-21(25)8-10-22)15-29-12-11-23-20(16-29)13-26-24(28-23)18-5-3-2-4-6-18/h7-10,13-14,18H,2-6,11-12,15-16H2,1H3. The number of aromatic nitrogens is 4. The van der Waals surface area contributed by atoms with Crippen LogP contribution in [0, 0.1) is 12.7 Å². The molecule has 0 saturated heterocycles. The molecule has 0 spiro atoms. The van der Waals surface area contributed by atoms with Crippen LogP contribution < -0.4 is 0 Å². The van der Waals surface area contributed by atoms with Gasteiger partial charge in [-0.2, -0.15) is 5.10 Å². The average molecular weight is 406 g/mol. The van der Waals surface area contributed by atoms with Gasteiger partial charge in [0, 0.05) is 60.7 Å². The summed E-state index contributed by atoms with van der Waals surface area (Å²) in [6, 6.07) is 6.47. The third-order valence-corrected chi connectivity index (χ3v) is 6.58. The molecule has 1 aliphatic heterocycles. The van der Waals surface area contributed by atoms with Gasteiger partial charge in [-0.25, -0.2) is 19.0 Å². The lowest BCUT2D eigenvalue weighted by Gasteiger charge is -2.29. The Hall–Kier alpha value is -2.60. The molecule has 30 heavy (non-hydrogen) atoms. The number of hydrogen-bond acceptors (Lipinski definition) is 4. The van der Waals surface area contributed by atoms with Crippen molar-refractivity contribution in [3.8, 4) is 5.69 Å². The summed E-state index contributed by atoms with van der Waals surface area (Å²) in [5.74, 6) is 1.39. The smallest absolute Gasteiger partial charge is 0.131 e. The van der Waals surface area contributed by atoms with Crippen LogP contribution in [0.4, 0.5) is 4.39 Å². The molecule has 1 aliphatic carbocycles. The van der Waals surface area contributed by atoms with Gasteiger partial charge >= 0.3 is 0 Å². The molecule has 2 aliphatic rings. The Morgan fingerprint density at radius 3 is 2.67 bits per heavy atom. The van der Waals surface area contributed by atoms with Crippen molar-refractivity contribution in [1.82, 2.24) is 24.6 Å². The van der Waals surface area contributed by atoms with Crippen LogP contribution in [0.5, 0.6) is 0 Å². The number of fused-ring (bicyclic) bond motifs is 1. The lowest BCUT2D eigenvalue weighted by molar-refractivity contribution is 0.241. The monoisotopic (exact) mass is 405 g/mol. The molecule has 6 heteroatoms. The molecule has 5 rings (SSSR count). The van der Waals surface area contributed by atoms with Crippen LogP contribution in [-0.4, -0.2) is 31.2 Å². The summed E-state index contributed by atoms with van der Waals surface area (Å²) >= 11 is 0. The molecule has 2 aromatic heterocycles. The van der Waals surface area contributed by atoms with Gasteiger partial charge in [0.15, 0.2) is 0 Å². The molecule has 1 aromatic carbocycles. The van der Waals surface area contributed by atoms with E-state index in [4.69, 9.17) is 9.97 Å². The van der Waals surface area contributed by atoms with Crippen LogP contribution in [0.2, 0.25) is 0 Å². The largest absolute Gasteiger partial charge is 0.294 e. The van der Waals surface area contributed by atoms with Crippen molar-refractivity contribution in [2.24, 2.45) is 0 Å². The number of hydrogen-bond donors (Lipinski definition) is 0. The first-order valence-corrected chi connectivity index (χ1v) is 11.0. The van der Waals surface area contributed by atoms with E-state index in [1.54, 1.807) is 12.1 Å². The van der Waals surface area contributed by atoms with Crippen molar-refractivity contribution in [2.45, 2.75) is 64.5 Å². The fraction of sp³-hybridized carbons (Fsp3) is 0.458. The van der Waals surface area contributed by atoms with E-state index in [0.29, 0.717) is 5.92 Å². The van der Waals surface area contributed by atoms with Crippen LogP contribution in [0.25, 0.3) is 5.69 Å². The molecule has 0 unspecified atom stereocenters. The minimum atomic E-state index is -0.232. The minimum absolute atomic E-state index is 0.232. The highest BCUT2D eigenvalue weighted by molar-refractivity contribution is 5.35. The molecule has 0 bridgehead atoms. The Kier molecular flexibility index (Phi) is 5.34. The van der Waals surface area contributed by atoms with Crippen molar-refractivity contribution >= 4 is 0 Å². The molecule has 156 valence electrons. The van der Waals surface area contributed by atoms with Crippen molar-refractivity contribution in [1.29, 1.82) is 0 Å². The SMILES string of the molecule is Cc1c(CN2CCc3nc(C4CCCCC4)ncc3C2)cnn1-c1ccc(F)cc1. The molecule has 0 N–H and O–H groups in total. The first-order valence-electron chi connectivity index (χ1n) is 11.0. The molecule has 0 atom stereocenters. The minimum Gasteiger partial charge on any atom is -0.294 e. The summed E-state index contributed by atoms with van der Waals surface area (Å²) in [6.07, 6.45) is 11.4. The highest BCUT2D eigenvalue weighted by Gasteiger charge is 2.23. The van der Waals surface area contributed by atoms with E-state index in [1.165, 1.54) is 61.1 Å². The Morgan fingerprint density at radius 1 is 1.07 bits per heavy atom. The summed E-state index contributed by atoms with van der Waals surface area (Å²) in [5, 5.41) is 4.53. The second kappa shape index (κ2) is 8.26. The predicted octanol–water partition coefficient (Wildman–Crippen LogP) is 4.72.